The van der Waals surface area contributed by atoms with E-state index in [-0.39, 0.29) is 12.1 Å². The van der Waals surface area contributed by atoms with Crippen LogP contribution in [0.3, 0.4) is 0 Å². The summed E-state index contributed by atoms with van der Waals surface area (Å²) < 4.78 is 0. The molecule has 2 aliphatic rings. The number of hydrogen-bond acceptors (Lipinski definition) is 2. The first kappa shape index (κ1) is 8.66. The van der Waals surface area contributed by atoms with Crippen LogP contribution in [0, 0.1) is 0 Å². The van der Waals surface area contributed by atoms with Crippen molar-refractivity contribution in [2.45, 2.75) is 18.5 Å². The average molecular weight is 174 g/mol. The van der Waals surface area contributed by atoms with E-state index >= 15 is 0 Å². The summed E-state index contributed by atoms with van der Waals surface area (Å²) in [6, 6.07) is 0.157. The molecule has 2 aliphatic heterocycles. The molecule has 6 heteroatoms. The Morgan fingerprint density at radius 3 is 1.62 bits per heavy atom. The van der Waals surface area contributed by atoms with Gasteiger partial charge in [0.15, 0.2) is 11.6 Å². The van der Waals surface area contributed by atoms with Crippen molar-refractivity contribution < 1.29 is 9.59 Å². The monoisotopic (exact) mass is 174 g/mol. The smallest absolute Gasteiger partial charge is 0.200 e. The Hall–Kier alpha value is -0.930. The molecule has 0 spiro atoms. The van der Waals surface area contributed by atoms with Gasteiger partial charge in [-0.2, -0.15) is 0 Å². The Labute approximate surface area is 79.1 Å². The first-order valence-electron chi connectivity index (χ1n) is 4.21. The number of fused-ring (bicyclic) bond motifs is 2. The van der Waals surface area contributed by atoms with E-state index in [4.69, 9.17) is 15.7 Å². The van der Waals surface area contributed by atoms with Gasteiger partial charge < -0.3 is 9.80 Å². The van der Waals surface area contributed by atoms with Crippen molar-refractivity contribution >= 4 is 27.3 Å². The summed E-state index contributed by atoms with van der Waals surface area (Å²) >= 11 is 0. The van der Waals surface area contributed by atoms with Gasteiger partial charge in [-0.1, -0.05) is 0 Å². The highest BCUT2D eigenvalue weighted by Crippen LogP contribution is 2.30. The van der Waals surface area contributed by atoms with Gasteiger partial charge in [0.05, 0.1) is 12.1 Å². The van der Waals surface area contributed by atoms with Crippen LogP contribution in [0.1, 0.15) is 6.42 Å². The fourth-order valence-electron chi connectivity index (χ4n) is 2.21. The fraction of sp³-hybridized carbons (Fsp3) is 0.714. The molecular formula is C7H8B2N2O2. The van der Waals surface area contributed by atoms with Crippen LogP contribution in [0.2, 0.25) is 0 Å². The van der Waals surface area contributed by atoms with E-state index in [1.54, 1.807) is 9.80 Å². The van der Waals surface area contributed by atoms with Crippen molar-refractivity contribution in [3.63, 3.8) is 0 Å². The molecule has 2 unspecified atom stereocenters. The second-order valence-electron chi connectivity index (χ2n) is 3.52. The molecule has 2 heterocycles. The van der Waals surface area contributed by atoms with E-state index in [1.807, 2.05) is 0 Å². The average Bonchev–Trinajstić information content (AvgIpc) is 2.60. The van der Waals surface area contributed by atoms with Crippen molar-refractivity contribution in [2.24, 2.45) is 0 Å². The summed E-state index contributed by atoms with van der Waals surface area (Å²) in [5.74, 6) is -0.812. The van der Waals surface area contributed by atoms with Gasteiger partial charge in [-0.3, -0.25) is 9.59 Å². The number of nitrogens with zero attached hydrogens (tertiary/aromatic N) is 2. The van der Waals surface area contributed by atoms with Crippen LogP contribution in [-0.4, -0.2) is 62.3 Å². The van der Waals surface area contributed by atoms with Gasteiger partial charge in [0.1, 0.15) is 0 Å². The van der Waals surface area contributed by atoms with Gasteiger partial charge in [0, 0.05) is 13.1 Å². The topological polar surface area (TPSA) is 40.6 Å². The third-order valence-electron chi connectivity index (χ3n) is 2.81. The van der Waals surface area contributed by atoms with E-state index in [0.717, 1.165) is 6.42 Å². The van der Waals surface area contributed by atoms with Gasteiger partial charge in [-0.05, 0) is 6.42 Å². The zero-order valence-corrected chi connectivity index (χ0v) is 7.14. The molecule has 2 fully saturated rings. The van der Waals surface area contributed by atoms with Gasteiger partial charge >= 0.3 is 0 Å². The predicted molar refractivity (Wildman–Crippen MR) is 47.9 cm³/mol. The second-order valence-corrected chi connectivity index (χ2v) is 3.52. The zero-order chi connectivity index (χ0) is 9.59. The Balaban J connectivity index is 2.07. The van der Waals surface area contributed by atoms with Crippen molar-refractivity contribution in [1.82, 2.24) is 9.80 Å². The standard InChI is InChI=1S/C7H8B2N2O2/c8-6(12)10-2-4-1-5(10)3-11(4)7(9)13/h4-5H,1-3H2. The molecule has 4 nitrogen and oxygen atoms in total. The maximum absolute atomic E-state index is 10.9. The Morgan fingerprint density at radius 2 is 1.38 bits per heavy atom. The van der Waals surface area contributed by atoms with Gasteiger partial charge in [-0.15, -0.1) is 0 Å². The molecule has 0 aliphatic carbocycles. The summed E-state index contributed by atoms with van der Waals surface area (Å²) in [6.45, 7) is 1.06. The largest absolute Gasteiger partial charge is 0.346 e. The molecular weight excluding hydrogens is 166 g/mol. The van der Waals surface area contributed by atoms with Crippen LogP contribution >= 0.6 is 0 Å². The molecule has 0 N–H and O–H groups in total. The summed E-state index contributed by atoms with van der Waals surface area (Å²) in [5.41, 5.74) is 0. The molecule has 2 rings (SSSR count). The number of likely N-dealkylation sites (tertiary alicyclic amines) is 2. The van der Waals surface area contributed by atoms with Gasteiger partial charge in [0.25, 0.3) is 0 Å². The summed E-state index contributed by atoms with van der Waals surface area (Å²) in [6.07, 6.45) is 0.811. The Bertz CT molecular complexity index is 245. The first-order valence-corrected chi connectivity index (χ1v) is 4.21. The lowest BCUT2D eigenvalue weighted by atomic mass is 10.1. The predicted octanol–water partition coefficient (Wildman–Crippen LogP) is -0.678. The highest BCUT2D eigenvalue weighted by atomic mass is 16.2. The maximum atomic E-state index is 10.9. The molecule has 0 aromatic rings. The van der Waals surface area contributed by atoms with Crippen molar-refractivity contribution in [1.29, 1.82) is 0 Å². The van der Waals surface area contributed by atoms with Crippen LogP contribution in [0.15, 0.2) is 0 Å². The molecule has 0 aromatic heterocycles. The third kappa shape index (κ3) is 1.24. The van der Waals surface area contributed by atoms with Crippen LogP contribution in [-0.2, 0) is 0 Å². The molecule has 2 bridgehead atoms. The zero-order valence-electron chi connectivity index (χ0n) is 7.14. The number of piperazine rings is 1. The highest BCUT2D eigenvalue weighted by Gasteiger charge is 2.44. The van der Waals surface area contributed by atoms with Crippen LogP contribution in [0.25, 0.3) is 0 Å². The quantitative estimate of drug-likeness (QED) is 0.456. The van der Waals surface area contributed by atoms with Crippen LogP contribution in [0.5, 0.6) is 0 Å². The second kappa shape index (κ2) is 2.79. The maximum Gasteiger partial charge on any atom is 0.200 e. The van der Waals surface area contributed by atoms with Gasteiger partial charge in [-0.25, -0.2) is 0 Å². The number of rotatable bonds is 0. The Kier molecular flexibility index (Phi) is 1.86. The molecule has 64 valence electrons. The summed E-state index contributed by atoms with van der Waals surface area (Å²) in [5, 5.41) is 0. The minimum Gasteiger partial charge on any atom is -0.346 e. The SMILES string of the molecule is [B]C(=O)N1CC2CC1CN2C([B])=O. The van der Waals surface area contributed by atoms with Crippen molar-refractivity contribution in [3.05, 3.63) is 0 Å². The lowest BCUT2D eigenvalue weighted by Crippen LogP contribution is -2.50. The van der Waals surface area contributed by atoms with Gasteiger partial charge in [0.2, 0.25) is 15.7 Å². The summed E-state index contributed by atoms with van der Waals surface area (Å²) in [4.78, 5) is 25.0. The summed E-state index contributed by atoms with van der Waals surface area (Å²) in [7, 11) is 10.3. The molecule has 2 atom stereocenters. The lowest BCUT2D eigenvalue weighted by molar-refractivity contribution is 0.164. The number of hydrogen-bond donors (Lipinski definition) is 0. The van der Waals surface area contributed by atoms with E-state index in [9.17, 15) is 9.59 Å². The molecule has 0 aromatic carbocycles. The minimum absolute atomic E-state index is 0.0787. The highest BCUT2D eigenvalue weighted by molar-refractivity contribution is 6.57. The number of carbonyl (C=O) groups is 2. The van der Waals surface area contributed by atoms with E-state index in [2.05, 4.69) is 0 Å². The first-order chi connectivity index (χ1) is 6.09. The molecule has 0 saturated carbocycles. The van der Waals surface area contributed by atoms with E-state index in [0.29, 0.717) is 13.1 Å². The van der Waals surface area contributed by atoms with E-state index in [1.165, 1.54) is 0 Å². The Morgan fingerprint density at radius 1 is 1.00 bits per heavy atom. The molecule has 13 heavy (non-hydrogen) atoms. The molecule has 4 radical (unpaired) electrons. The van der Waals surface area contributed by atoms with Crippen molar-refractivity contribution in [3.8, 4) is 0 Å². The molecule has 2 amide bonds. The number of amides is 2. The minimum atomic E-state index is -0.406. The lowest BCUT2D eigenvalue weighted by Gasteiger charge is -2.33. The third-order valence-corrected chi connectivity index (χ3v) is 2.81. The van der Waals surface area contributed by atoms with Crippen LogP contribution < -0.4 is 0 Å². The normalized spacial score (nSPS) is 31.1. The van der Waals surface area contributed by atoms with Crippen molar-refractivity contribution in [2.75, 3.05) is 13.1 Å². The van der Waals surface area contributed by atoms with E-state index < -0.39 is 11.6 Å². The molecule has 2 saturated heterocycles. The number of carbonyl (C=O) groups excluding carboxylic acids is 2. The van der Waals surface area contributed by atoms with Crippen LogP contribution in [0.4, 0.5) is 9.59 Å². The fourth-order valence-corrected chi connectivity index (χ4v) is 2.21.